The highest BCUT2D eigenvalue weighted by atomic mass is 79.9. The summed E-state index contributed by atoms with van der Waals surface area (Å²) in [6.45, 7) is 0.697. The van der Waals surface area contributed by atoms with Crippen molar-refractivity contribution in [2.24, 2.45) is 11.8 Å². The first-order valence-electron chi connectivity index (χ1n) is 6.86. The van der Waals surface area contributed by atoms with Crippen LogP contribution in [0.5, 0.6) is 0 Å². The van der Waals surface area contributed by atoms with Crippen LogP contribution >= 0.6 is 15.9 Å². The molecule has 0 radical (unpaired) electrons. The first kappa shape index (κ1) is 15.1. The van der Waals surface area contributed by atoms with Gasteiger partial charge in [-0.3, -0.25) is 4.79 Å². The SMILES string of the molecule is O=C(C1CCCC(C(F)(F)F)C1)N1CCCC1CBr. The summed E-state index contributed by atoms with van der Waals surface area (Å²) in [6.07, 6.45) is -0.976. The van der Waals surface area contributed by atoms with Gasteiger partial charge in [-0.05, 0) is 32.1 Å². The summed E-state index contributed by atoms with van der Waals surface area (Å²) in [5.41, 5.74) is 0. The molecule has 2 fully saturated rings. The average molecular weight is 342 g/mol. The van der Waals surface area contributed by atoms with Crippen LogP contribution in [0, 0.1) is 11.8 Å². The molecule has 110 valence electrons. The zero-order chi connectivity index (χ0) is 14.0. The molecule has 0 bridgehead atoms. The highest BCUT2D eigenvalue weighted by Crippen LogP contribution is 2.41. The summed E-state index contributed by atoms with van der Waals surface area (Å²) in [4.78, 5) is 14.2. The van der Waals surface area contributed by atoms with Gasteiger partial charge in [0.2, 0.25) is 5.91 Å². The molecule has 3 unspecified atom stereocenters. The van der Waals surface area contributed by atoms with Gasteiger partial charge in [-0.2, -0.15) is 13.2 Å². The van der Waals surface area contributed by atoms with Gasteiger partial charge in [0, 0.05) is 23.8 Å². The van der Waals surface area contributed by atoms with Gasteiger partial charge >= 0.3 is 6.18 Å². The van der Waals surface area contributed by atoms with E-state index in [0.29, 0.717) is 24.7 Å². The molecule has 1 aliphatic carbocycles. The minimum atomic E-state index is -4.15. The molecule has 1 amide bonds. The van der Waals surface area contributed by atoms with E-state index in [-0.39, 0.29) is 24.8 Å². The van der Waals surface area contributed by atoms with Crippen LogP contribution in [0.4, 0.5) is 13.2 Å². The highest BCUT2D eigenvalue weighted by Gasteiger charge is 2.45. The van der Waals surface area contributed by atoms with E-state index < -0.39 is 18.0 Å². The normalized spacial score (nSPS) is 32.6. The monoisotopic (exact) mass is 341 g/mol. The number of rotatable bonds is 2. The van der Waals surface area contributed by atoms with E-state index in [9.17, 15) is 18.0 Å². The molecule has 1 saturated carbocycles. The second-order valence-electron chi connectivity index (χ2n) is 5.58. The number of amides is 1. The summed E-state index contributed by atoms with van der Waals surface area (Å²) < 4.78 is 38.3. The molecule has 19 heavy (non-hydrogen) atoms. The summed E-state index contributed by atoms with van der Waals surface area (Å²) in [5, 5.41) is 0.716. The van der Waals surface area contributed by atoms with Crippen LogP contribution < -0.4 is 0 Å². The Hall–Kier alpha value is -0.260. The second-order valence-corrected chi connectivity index (χ2v) is 6.23. The Balaban J connectivity index is 1.99. The van der Waals surface area contributed by atoms with Crippen LogP contribution in [-0.2, 0) is 4.79 Å². The van der Waals surface area contributed by atoms with E-state index in [4.69, 9.17) is 0 Å². The third kappa shape index (κ3) is 3.44. The molecule has 2 aliphatic rings. The van der Waals surface area contributed by atoms with Crippen molar-refractivity contribution < 1.29 is 18.0 Å². The van der Waals surface area contributed by atoms with Crippen molar-refractivity contribution >= 4 is 21.8 Å². The van der Waals surface area contributed by atoms with Gasteiger partial charge in [-0.15, -0.1) is 0 Å². The maximum Gasteiger partial charge on any atom is 0.391 e. The fourth-order valence-corrected chi connectivity index (χ4v) is 3.91. The number of hydrogen-bond acceptors (Lipinski definition) is 1. The predicted octanol–water partition coefficient (Wildman–Crippen LogP) is 3.74. The van der Waals surface area contributed by atoms with E-state index in [1.165, 1.54) is 0 Å². The molecule has 0 aromatic heterocycles. The molecule has 0 spiro atoms. The third-order valence-corrected chi connectivity index (χ3v) is 5.07. The van der Waals surface area contributed by atoms with Gasteiger partial charge < -0.3 is 4.90 Å². The number of hydrogen-bond donors (Lipinski definition) is 0. The quantitative estimate of drug-likeness (QED) is 0.700. The van der Waals surface area contributed by atoms with Crippen LogP contribution in [0.25, 0.3) is 0 Å². The maximum absolute atomic E-state index is 12.8. The summed E-state index contributed by atoms with van der Waals surface area (Å²) >= 11 is 3.38. The van der Waals surface area contributed by atoms with E-state index in [1.54, 1.807) is 4.90 Å². The molecular weight excluding hydrogens is 323 g/mol. The molecule has 1 heterocycles. The van der Waals surface area contributed by atoms with E-state index in [2.05, 4.69) is 15.9 Å². The molecule has 0 aromatic rings. The molecule has 1 aliphatic heterocycles. The molecule has 0 N–H and O–H groups in total. The van der Waals surface area contributed by atoms with E-state index in [0.717, 1.165) is 12.8 Å². The zero-order valence-electron chi connectivity index (χ0n) is 10.8. The van der Waals surface area contributed by atoms with Gasteiger partial charge in [-0.25, -0.2) is 0 Å². The van der Waals surface area contributed by atoms with Gasteiger partial charge in [0.25, 0.3) is 0 Å². The summed E-state index contributed by atoms with van der Waals surface area (Å²) in [5.74, 6) is -1.78. The Bertz CT molecular complexity index is 334. The number of nitrogens with zero attached hydrogens (tertiary/aromatic N) is 1. The van der Waals surface area contributed by atoms with Crippen LogP contribution in [0.1, 0.15) is 38.5 Å². The lowest BCUT2D eigenvalue weighted by atomic mass is 9.80. The smallest absolute Gasteiger partial charge is 0.339 e. The number of carbonyl (C=O) groups excluding carboxylic acids is 1. The van der Waals surface area contributed by atoms with Crippen molar-refractivity contribution in [2.45, 2.75) is 50.7 Å². The fourth-order valence-electron chi connectivity index (χ4n) is 3.23. The fraction of sp³-hybridized carbons (Fsp3) is 0.923. The second kappa shape index (κ2) is 6.02. The standard InChI is InChI=1S/C13H19BrF3NO/c14-8-11-5-2-6-18(11)12(19)9-3-1-4-10(7-9)13(15,16)17/h9-11H,1-8H2. The molecule has 2 nitrogen and oxygen atoms in total. The molecule has 3 atom stereocenters. The summed E-state index contributed by atoms with van der Waals surface area (Å²) in [6, 6.07) is 0.166. The van der Waals surface area contributed by atoms with Crippen LogP contribution in [-0.4, -0.2) is 34.9 Å². The number of halogens is 4. The Morgan fingerprint density at radius 2 is 1.95 bits per heavy atom. The van der Waals surface area contributed by atoms with Crippen LogP contribution in [0.3, 0.4) is 0 Å². The number of alkyl halides is 4. The lowest BCUT2D eigenvalue weighted by Crippen LogP contribution is -2.43. The van der Waals surface area contributed by atoms with Crippen molar-refractivity contribution in [1.29, 1.82) is 0 Å². The highest BCUT2D eigenvalue weighted by molar-refractivity contribution is 9.09. The predicted molar refractivity (Wildman–Crippen MR) is 70.0 cm³/mol. The Morgan fingerprint density at radius 3 is 2.58 bits per heavy atom. The first-order chi connectivity index (χ1) is 8.93. The lowest BCUT2D eigenvalue weighted by molar-refractivity contribution is -0.187. The van der Waals surface area contributed by atoms with Gasteiger partial charge in [0.05, 0.1) is 5.92 Å². The van der Waals surface area contributed by atoms with Gasteiger partial charge in [0.15, 0.2) is 0 Å². The van der Waals surface area contributed by atoms with Crippen molar-refractivity contribution in [3.05, 3.63) is 0 Å². The topological polar surface area (TPSA) is 20.3 Å². The van der Waals surface area contributed by atoms with Crippen molar-refractivity contribution in [3.63, 3.8) is 0 Å². The minimum absolute atomic E-state index is 0.0200. The third-order valence-electron chi connectivity index (χ3n) is 4.32. The first-order valence-corrected chi connectivity index (χ1v) is 7.98. The Kier molecular flexibility index (Phi) is 4.79. The van der Waals surface area contributed by atoms with Gasteiger partial charge in [-0.1, -0.05) is 22.4 Å². The van der Waals surface area contributed by atoms with Crippen molar-refractivity contribution in [1.82, 2.24) is 4.90 Å². The average Bonchev–Trinajstić information content (AvgIpc) is 2.85. The Labute approximate surface area is 119 Å². The van der Waals surface area contributed by atoms with Crippen LogP contribution in [0.2, 0.25) is 0 Å². The van der Waals surface area contributed by atoms with Crippen LogP contribution in [0.15, 0.2) is 0 Å². The molecule has 2 rings (SSSR count). The molecular formula is C13H19BrF3NO. The Morgan fingerprint density at radius 1 is 1.21 bits per heavy atom. The molecule has 0 aromatic carbocycles. The van der Waals surface area contributed by atoms with Crippen molar-refractivity contribution in [2.75, 3.05) is 11.9 Å². The maximum atomic E-state index is 12.8. The summed E-state index contributed by atoms with van der Waals surface area (Å²) in [7, 11) is 0. The van der Waals surface area contributed by atoms with E-state index in [1.807, 2.05) is 0 Å². The molecule has 6 heteroatoms. The zero-order valence-corrected chi connectivity index (χ0v) is 12.3. The lowest BCUT2D eigenvalue weighted by Gasteiger charge is -2.33. The largest absolute Gasteiger partial charge is 0.391 e. The number of likely N-dealkylation sites (tertiary alicyclic amines) is 1. The van der Waals surface area contributed by atoms with E-state index >= 15 is 0 Å². The van der Waals surface area contributed by atoms with Gasteiger partial charge in [0.1, 0.15) is 0 Å². The minimum Gasteiger partial charge on any atom is -0.339 e. The molecule has 1 saturated heterocycles. The van der Waals surface area contributed by atoms with Crippen molar-refractivity contribution in [3.8, 4) is 0 Å². The number of carbonyl (C=O) groups is 1.